The molecule has 2 aromatic carbocycles. The Kier molecular flexibility index (Phi) is 4.45. The van der Waals surface area contributed by atoms with Gasteiger partial charge in [-0.15, -0.1) is 0 Å². The van der Waals surface area contributed by atoms with Gasteiger partial charge in [-0.25, -0.2) is 4.79 Å². The molecule has 0 aliphatic carbocycles. The zero-order chi connectivity index (χ0) is 19.0. The number of carbonyl (C=O) groups is 2. The summed E-state index contributed by atoms with van der Waals surface area (Å²) in [6.07, 6.45) is 0. The molecule has 1 saturated heterocycles. The highest BCUT2D eigenvalue weighted by molar-refractivity contribution is 6.30. The Hall–Kier alpha value is -3.06. The summed E-state index contributed by atoms with van der Waals surface area (Å²) in [6, 6.07) is 11.7. The summed E-state index contributed by atoms with van der Waals surface area (Å²) >= 11 is 5.95. The Morgan fingerprint density at radius 1 is 0.926 bits per heavy atom. The quantitative estimate of drug-likeness (QED) is 0.733. The number of carbonyl (C=O) groups excluding carboxylic acids is 2. The average molecular weight is 386 g/mol. The first-order valence-corrected chi connectivity index (χ1v) is 8.86. The number of oxazole rings is 1. The highest BCUT2D eigenvalue weighted by Crippen LogP contribution is 2.17. The molecular weight excluding hydrogens is 370 g/mol. The monoisotopic (exact) mass is 385 g/mol. The molecule has 7 nitrogen and oxygen atoms in total. The molecule has 8 heteroatoms. The van der Waals surface area contributed by atoms with Gasteiger partial charge in [0.2, 0.25) is 0 Å². The van der Waals surface area contributed by atoms with Gasteiger partial charge in [0.15, 0.2) is 5.58 Å². The van der Waals surface area contributed by atoms with E-state index in [1.54, 1.807) is 52.3 Å². The number of hydrogen-bond acceptors (Lipinski definition) is 4. The van der Waals surface area contributed by atoms with Crippen LogP contribution >= 0.6 is 11.6 Å². The second kappa shape index (κ2) is 6.92. The second-order valence-corrected chi connectivity index (χ2v) is 6.76. The van der Waals surface area contributed by atoms with E-state index in [4.69, 9.17) is 16.0 Å². The number of aromatic amines is 1. The minimum Gasteiger partial charge on any atom is -0.408 e. The highest BCUT2D eigenvalue weighted by atomic mass is 35.5. The number of nitrogens with zero attached hydrogens (tertiary/aromatic N) is 2. The van der Waals surface area contributed by atoms with Crippen molar-refractivity contribution in [1.29, 1.82) is 0 Å². The van der Waals surface area contributed by atoms with Crippen LogP contribution in [-0.2, 0) is 0 Å². The summed E-state index contributed by atoms with van der Waals surface area (Å²) < 4.78 is 5.01. The topological polar surface area (TPSA) is 86.6 Å². The van der Waals surface area contributed by atoms with Crippen LogP contribution in [0.25, 0.3) is 11.1 Å². The lowest BCUT2D eigenvalue weighted by molar-refractivity contribution is 0.0535. The van der Waals surface area contributed by atoms with Crippen molar-refractivity contribution in [3.05, 3.63) is 69.2 Å². The molecule has 3 aromatic rings. The van der Waals surface area contributed by atoms with Crippen LogP contribution in [0.15, 0.2) is 51.7 Å². The number of fused-ring (bicyclic) bond motifs is 1. The Morgan fingerprint density at radius 2 is 1.56 bits per heavy atom. The van der Waals surface area contributed by atoms with Crippen molar-refractivity contribution >= 4 is 34.5 Å². The standard InChI is InChI=1S/C19H16ClN3O4/c20-14-3-1-2-12(10-14)17(24)22-6-8-23(9-7-22)18(25)13-4-5-15-16(11-13)27-19(26)21-15/h1-5,10-11H,6-9H2,(H,21,26). The summed E-state index contributed by atoms with van der Waals surface area (Å²) in [4.78, 5) is 42.5. The normalized spacial score (nSPS) is 14.6. The SMILES string of the molecule is O=C(c1cccc(Cl)c1)N1CCN(C(=O)c2ccc3[nH]c(=O)oc3c2)CC1. The van der Waals surface area contributed by atoms with Crippen molar-refractivity contribution in [2.75, 3.05) is 26.2 Å². The fraction of sp³-hybridized carbons (Fsp3) is 0.211. The number of aromatic nitrogens is 1. The lowest BCUT2D eigenvalue weighted by Crippen LogP contribution is -2.50. The van der Waals surface area contributed by atoms with Gasteiger partial charge in [0.25, 0.3) is 11.8 Å². The van der Waals surface area contributed by atoms with Crippen molar-refractivity contribution in [3.8, 4) is 0 Å². The molecule has 138 valence electrons. The van der Waals surface area contributed by atoms with Crippen molar-refractivity contribution in [3.63, 3.8) is 0 Å². The fourth-order valence-corrected chi connectivity index (χ4v) is 3.37. The zero-order valence-corrected chi connectivity index (χ0v) is 15.0. The molecule has 1 fully saturated rings. The lowest BCUT2D eigenvalue weighted by Gasteiger charge is -2.34. The molecule has 1 N–H and O–H groups in total. The van der Waals surface area contributed by atoms with Crippen molar-refractivity contribution in [1.82, 2.24) is 14.8 Å². The Bertz CT molecular complexity index is 1080. The van der Waals surface area contributed by atoms with Gasteiger partial charge in [0.05, 0.1) is 5.52 Å². The molecule has 27 heavy (non-hydrogen) atoms. The predicted molar refractivity (Wildman–Crippen MR) is 100 cm³/mol. The molecular formula is C19H16ClN3O4. The molecule has 0 atom stereocenters. The van der Waals surface area contributed by atoms with E-state index in [9.17, 15) is 14.4 Å². The average Bonchev–Trinajstić information content (AvgIpc) is 3.06. The molecule has 0 spiro atoms. The van der Waals surface area contributed by atoms with E-state index < -0.39 is 5.76 Å². The Morgan fingerprint density at radius 3 is 2.19 bits per heavy atom. The van der Waals surface area contributed by atoms with E-state index in [0.717, 1.165) is 0 Å². The molecule has 0 radical (unpaired) electrons. The van der Waals surface area contributed by atoms with Gasteiger partial charge in [-0.05, 0) is 36.4 Å². The number of amides is 2. The summed E-state index contributed by atoms with van der Waals surface area (Å²) in [5, 5.41) is 0.515. The number of benzene rings is 2. The highest BCUT2D eigenvalue weighted by Gasteiger charge is 2.26. The van der Waals surface area contributed by atoms with Gasteiger partial charge < -0.3 is 14.2 Å². The first-order valence-electron chi connectivity index (χ1n) is 8.48. The Labute approximate surface area is 159 Å². The van der Waals surface area contributed by atoms with Crippen LogP contribution in [0.3, 0.4) is 0 Å². The number of rotatable bonds is 2. The maximum absolute atomic E-state index is 12.7. The van der Waals surface area contributed by atoms with Crippen molar-refractivity contribution in [2.45, 2.75) is 0 Å². The maximum Gasteiger partial charge on any atom is 0.417 e. The summed E-state index contributed by atoms with van der Waals surface area (Å²) in [6.45, 7) is 1.75. The van der Waals surface area contributed by atoms with Crippen molar-refractivity contribution < 1.29 is 14.0 Å². The van der Waals surface area contributed by atoms with E-state index in [-0.39, 0.29) is 11.8 Å². The summed E-state index contributed by atoms with van der Waals surface area (Å²) in [5.41, 5.74) is 1.88. The van der Waals surface area contributed by atoms with Gasteiger partial charge in [-0.3, -0.25) is 14.6 Å². The number of H-pyrrole nitrogens is 1. The van der Waals surface area contributed by atoms with Crippen LogP contribution in [0.5, 0.6) is 0 Å². The van der Waals surface area contributed by atoms with E-state index in [2.05, 4.69) is 4.98 Å². The lowest BCUT2D eigenvalue weighted by atomic mass is 10.1. The third kappa shape index (κ3) is 3.46. The summed E-state index contributed by atoms with van der Waals surface area (Å²) in [7, 11) is 0. The van der Waals surface area contributed by atoms with E-state index in [1.165, 1.54) is 0 Å². The van der Waals surface area contributed by atoms with Gasteiger partial charge in [0, 0.05) is 42.3 Å². The molecule has 2 heterocycles. The molecule has 4 rings (SSSR count). The number of hydrogen-bond donors (Lipinski definition) is 1. The Balaban J connectivity index is 1.44. The molecule has 0 unspecified atom stereocenters. The molecule has 1 aliphatic heterocycles. The minimum absolute atomic E-state index is 0.0971. The van der Waals surface area contributed by atoms with Crippen molar-refractivity contribution in [2.24, 2.45) is 0 Å². The maximum atomic E-state index is 12.7. The van der Waals surface area contributed by atoms with Crippen LogP contribution < -0.4 is 5.76 Å². The van der Waals surface area contributed by atoms with Crippen LogP contribution in [0.2, 0.25) is 5.02 Å². The first-order chi connectivity index (χ1) is 13.0. The molecule has 2 amide bonds. The zero-order valence-electron chi connectivity index (χ0n) is 14.3. The van der Waals surface area contributed by atoms with E-state index in [0.29, 0.717) is 53.4 Å². The van der Waals surface area contributed by atoms with Gasteiger partial charge >= 0.3 is 5.76 Å². The van der Waals surface area contributed by atoms with Crippen LogP contribution in [0, 0.1) is 0 Å². The molecule has 0 saturated carbocycles. The third-order valence-electron chi connectivity index (χ3n) is 4.59. The number of nitrogens with one attached hydrogen (secondary N) is 1. The predicted octanol–water partition coefficient (Wildman–Crippen LogP) is 2.37. The van der Waals surface area contributed by atoms with E-state index in [1.807, 2.05) is 0 Å². The molecule has 1 aliphatic rings. The van der Waals surface area contributed by atoms with Gasteiger partial charge in [-0.1, -0.05) is 17.7 Å². The summed E-state index contributed by atoms with van der Waals surface area (Å²) in [5.74, 6) is -0.807. The fourth-order valence-electron chi connectivity index (χ4n) is 3.18. The number of piperazine rings is 1. The smallest absolute Gasteiger partial charge is 0.408 e. The first kappa shape index (κ1) is 17.4. The largest absolute Gasteiger partial charge is 0.417 e. The van der Waals surface area contributed by atoms with Gasteiger partial charge in [-0.2, -0.15) is 0 Å². The second-order valence-electron chi connectivity index (χ2n) is 6.32. The van der Waals surface area contributed by atoms with E-state index >= 15 is 0 Å². The minimum atomic E-state index is -0.553. The molecule has 1 aromatic heterocycles. The third-order valence-corrected chi connectivity index (χ3v) is 4.83. The van der Waals surface area contributed by atoms with Gasteiger partial charge in [0.1, 0.15) is 0 Å². The van der Waals surface area contributed by atoms with Crippen LogP contribution in [0.4, 0.5) is 0 Å². The number of halogens is 1. The molecule has 0 bridgehead atoms. The van der Waals surface area contributed by atoms with Crippen LogP contribution in [-0.4, -0.2) is 52.8 Å². The van der Waals surface area contributed by atoms with Crippen LogP contribution in [0.1, 0.15) is 20.7 Å².